The molecule has 3 nitrogen and oxygen atoms in total. The zero-order valence-corrected chi connectivity index (χ0v) is 9.23. The minimum absolute atomic E-state index is 0.721. The van der Waals surface area contributed by atoms with Crippen molar-refractivity contribution in [2.24, 2.45) is 7.05 Å². The monoisotopic (exact) mass is 252 g/mol. The van der Waals surface area contributed by atoms with Gasteiger partial charge in [0, 0.05) is 7.05 Å². The second kappa shape index (κ2) is 3.84. The van der Waals surface area contributed by atoms with Crippen molar-refractivity contribution in [2.45, 2.75) is 0 Å². The van der Waals surface area contributed by atoms with Crippen LogP contribution in [-0.4, -0.2) is 9.78 Å². The average Bonchev–Trinajstić information content (AvgIpc) is 2.52. The van der Waals surface area contributed by atoms with E-state index in [9.17, 15) is 0 Å². The van der Waals surface area contributed by atoms with Crippen LogP contribution in [0.2, 0.25) is 0 Å². The Kier molecular flexibility index (Phi) is 2.54. The highest BCUT2D eigenvalue weighted by Gasteiger charge is 2.06. The Bertz CT molecular complexity index is 425. The quantitative estimate of drug-likeness (QED) is 0.822. The smallest absolute Gasteiger partial charge is 0.179 e. The van der Waals surface area contributed by atoms with Crippen LogP contribution in [0, 0.1) is 0 Å². The van der Waals surface area contributed by atoms with Crippen LogP contribution in [0.4, 0.5) is 0 Å². The first-order valence-corrected chi connectivity index (χ1v) is 4.97. The molecule has 14 heavy (non-hydrogen) atoms. The number of aromatic nitrogens is 2. The first-order chi connectivity index (χ1) is 6.77. The summed E-state index contributed by atoms with van der Waals surface area (Å²) >= 11 is 3.38. The summed E-state index contributed by atoms with van der Waals surface area (Å²) in [6.45, 7) is 0. The van der Waals surface area contributed by atoms with Gasteiger partial charge in [-0.3, -0.25) is 4.68 Å². The fourth-order valence-electron chi connectivity index (χ4n) is 1.09. The maximum absolute atomic E-state index is 5.60. The molecule has 0 atom stereocenters. The molecular weight excluding hydrogens is 244 g/mol. The fraction of sp³-hybridized carbons (Fsp3) is 0.100. The number of benzene rings is 1. The van der Waals surface area contributed by atoms with Gasteiger partial charge in [-0.25, -0.2) is 0 Å². The van der Waals surface area contributed by atoms with Crippen LogP contribution in [-0.2, 0) is 7.05 Å². The maximum Gasteiger partial charge on any atom is 0.179 e. The van der Waals surface area contributed by atoms with Gasteiger partial charge in [0.15, 0.2) is 5.75 Å². The minimum atomic E-state index is 0.721. The maximum atomic E-state index is 5.60. The molecule has 0 unspecified atom stereocenters. The van der Waals surface area contributed by atoms with Gasteiger partial charge < -0.3 is 4.74 Å². The highest BCUT2D eigenvalue weighted by molar-refractivity contribution is 9.10. The van der Waals surface area contributed by atoms with Gasteiger partial charge in [0.1, 0.15) is 10.4 Å². The number of halogens is 1. The van der Waals surface area contributed by atoms with Gasteiger partial charge in [-0.1, -0.05) is 18.2 Å². The number of aryl methyl sites for hydroxylation is 1. The molecule has 0 radical (unpaired) electrons. The molecule has 2 rings (SSSR count). The largest absolute Gasteiger partial charge is 0.453 e. The van der Waals surface area contributed by atoms with Crippen molar-refractivity contribution in [2.75, 3.05) is 0 Å². The molecule has 0 saturated carbocycles. The zero-order valence-electron chi connectivity index (χ0n) is 7.64. The average molecular weight is 253 g/mol. The third-order valence-corrected chi connectivity index (χ3v) is 2.71. The van der Waals surface area contributed by atoms with E-state index in [1.807, 2.05) is 37.4 Å². The van der Waals surface area contributed by atoms with E-state index in [4.69, 9.17) is 4.74 Å². The lowest BCUT2D eigenvalue weighted by atomic mass is 10.3. The molecule has 0 amide bonds. The van der Waals surface area contributed by atoms with Crippen molar-refractivity contribution in [3.05, 3.63) is 41.1 Å². The van der Waals surface area contributed by atoms with E-state index in [2.05, 4.69) is 21.0 Å². The Labute approximate surface area is 90.4 Å². The van der Waals surface area contributed by atoms with Crippen molar-refractivity contribution >= 4 is 15.9 Å². The van der Waals surface area contributed by atoms with Crippen LogP contribution in [0.25, 0.3) is 0 Å². The first-order valence-electron chi connectivity index (χ1n) is 4.18. The summed E-state index contributed by atoms with van der Waals surface area (Å²) in [6, 6.07) is 9.61. The van der Waals surface area contributed by atoms with Crippen LogP contribution >= 0.6 is 15.9 Å². The Morgan fingerprint density at radius 3 is 2.57 bits per heavy atom. The van der Waals surface area contributed by atoms with Crippen LogP contribution in [0.3, 0.4) is 0 Å². The molecule has 0 aliphatic carbocycles. The second-order valence-electron chi connectivity index (χ2n) is 2.84. The molecule has 0 N–H and O–H groups in total. The van der Waals surface area contributed by atoms with E-state index in [1.165, 1.54) is 0 Å². The van der Waals surface area contributed by atoms with Gasteiger partial charge in [0.05, 0.1) is 6.20 Å². The number of hydrogen-bond acceptors (Lipinski definition) is 2. The van der Waals surface area contributed by atoms with Crippen molar-refractivity contribution in [1.82, 2.24) is 9.78 Å². The van der Waals surface area contributed by atoms with Gasteiger partial charge >= 0.3 is 0 Å². The Morgan fingerprint density at radius 2 is 2.00 bits per heavy atom. The molecule has 0 fully saturated rings. The first kappa shape index (κ1) is 9.27. The summed E-state index contributed by atoms with van der Waals surface area (Å²) in [7, 11) is 1.85. The number of nitrogens with zero attached hydrogens (tertiary/aromatic N) is 2. The van der Waals surface area contributed by atoms with E-state index in [1.54, 1.807) is 10.9 Å². The normalized spacial score (nSPS) is 10.1. The van der Waals surface area contributed by atoms with Crippen molar-refractivity contribution < 1.29 is 4.74 Å². The molecule has 1 heterocycles. The molecule has 1 aromatic carbocycles. The van der Waals surface area contributed by atoms with Gasteiger partial charge in [0.2, 0.25) is 0 Å². The van der Waals surface area contributed by atoms with Gasteiger partial charge in [0.25, 0.3) is 0 Å². The van der Waals surface area contributed by atoms with E-state index in [0.717, 1.165) is 16.1 Å². The van der Waals surface area contributed by atoms with E-state index in [0.29, 0.717) is 0 Å². The van der Waals surface area contributed by atoms with Crippen LogP contribution < -0.4 is 4.74 Å². The lowest BCUT2D eigenvalue weighted by molar-refractivity contribution is 0.478. The molecule has 4 heteroatoms. The Hall–Kier alpha value is -1.29. The summed E-state index contributed by atoms with van der Waals surface area (Å²) < 4.78 is 8.14. The topological polar surface area (TPSA) is 27.1 Å². The van der Waals surface area contributed by atoms with Crippen molar-refractivity contribution in [1.29, 1.82) is 0 Å². The Balaban J connectivity index is 2.23. The third-order valence-electron chi connectivity index (χ3n) is 1.81. The molecule has 72 valence electrons. The van der Waals surface area contributed by atoms with Crippen LogP contribution in [0.1, 0.15) is 0 Å². The summed E-state index contributed by atoms with van der Waals surface area (Å²) in [6.07, 6.45) is 1.68. The molecule has 1 aromatic heterocycles. The summed E-state index contributed by atoms with van der Waals surface area (Å²) in [5.41, 5.74) is 0. The molecule has 0 bridgehead atoms. The van der Waals surface area contributed by atoms with Crippen LogP contribution in [0.15, 0.2) is 41.1 Å². The summed E-state index contributed by atoms with van der Waals surface area (Å²) in [5.74, 6) is 1.53. The fourth-order valence-corrected chi connectivity index (χ4v) is 1.36. The number of para-hydroxylation sites is 1. The highest BCUT2D eigenvalue weighted by Crippen LogP contribution is 2.28. The van der Waals surface area contributed by atoms with E-state index in [-0.39, 0.29) is 0 Å². The third kappa shape index (κ3) is 1.80. The lowest BCUT2D eigenvalue weighted by Crippen LogP contribution is -1.89. The molecule has 0 aliphatic heterocycles. The molecule has 0 spiro atoms. The van der Waals surface area contributed by atoms with Crippen LogP contribution in [0.5, 0.6) is 11.5 Å². The van der Waals surface area contributed by atoms with Gasteiger partial charge in [-0.15, -0.1) is 0 Å². The predicted octanol–water partition coefficient (Wildman–Crippen LogP) is 2.97. The summed E-state index contributed by atoms with van der Waals surface area (Å²) in [4.78, 5) is 0. The summed E-state index contributed by atoms with van der Waals surface area (Å²) in [5, 5.41) is 4.06. The van der Waals surface area contributed by atoms with Gasteiger partial charge in [-0.2, -0.15) is 5.10 Å². The molecule has 0 aliphatic rings. The standard InChI is InChI=1S/C10H9BrN2O/c1-13-10(11)9(7-12-13)14-8-5-3-2-4-6-8/h2-7H,1H3. The predicted molar refractivity (Wildman–Crippen MR) is 57.4 cm³/mol. The van der Waals surface area contributed by atoms with E-state index < -0.39 is 0 Å². The number of ether oxygens (including phenoxy) is 1. The van der Waals surface area contributed by atoms with Gasteiger partial charge in [-0.05, 0) is 28.1 Å². The second-order valence-corrected chi connectivity index (χ2v) is 3.59. The highest BCUT2D eigenvalue weighted by atomic mass is 79.9. The number of hydrogen-bond donors (Lipinski definition) is 0. The lowest BCUT2D eigenvalue weighted by Gasteiger charge is -2.02. The number of rotatable bonds is 2. The SMILES string of the molecule is Cn1ncc(Oc2ccccc2)c1Br. The minimum Gasteiger partial charge on any atom is -0.453 e. The van der Waals surface area contributed by atoms with Crippen molar-refractivity contribution in [3.8, 4) is 11.5 Å². The molecule has 2 aromatic rings. The molecule has 0 saturated heterocycles. The van der Waals surface area contributed by atoms with E-state index >= 15 is 0 Å². The zero-order chi connectivity index (χ0) is 9.97. The van der Waals surface area contributed by atoms with Crippen molar-refractivity contribution in [3.63, 3.8) is 0 Å². The molecular formula is C10H9BrN2O. The Morgan fingerprint density at radius 1 is 1.29 bits per heavy atom.